The fourth-order valence-electron chi connectivity index (χ4n) is 1.56. The predicted octanol–water partition coefficient (Wildman–Crippen LogP) is 0.743. The van der Waals surface area contributed by atoms with Crippen molar-refractivity contribution in [3.8, 4) is 17.2 Å². The van der Waals surface area contributed by atoms with Crippen LogP contribution in [0.25, 0.3) is 5.69 Å². The van der Waals surface area contributed by atoms with E-state index < -0.39 is 0 Å². The van der Waals surface area contributed by atoms with Gasteiger partial charge in [-0.2, -0.15) is 0 Å². The molecule has 2 aromatic rings. The summed E-state index contributed by atoms with van der Waals surface area (Å²) in [4.78, 5) is 0. The highest BCUT2D eigenvalue weighted by Gasteiger charge is 2.11. The van der Waals surface area contributed by atoms with Crippen molar-refractivity contribution in [3.05, 3.63) is 30.1 Å². The third-order valence-electron chi connectivity index (χ3n) is 2.44. The van der Waals surface area contributed by atoms with Gasteiger partial charge in [0.25, 0.3) is 0 Å². The van der Waals surface area contributed by atoms with Crippen LogP contribution in [0.15, 0.2) is 24.4 Å². The van der Waals surface area contributed by atoms with Gasteiger partial charge in [0.2, 0.25) is 0 Å². The monoisotopic (exact) mass is 234 g/mol. The normalized spacial score (nSPS) is 10.3. The van der Waals surface area contributed by atoms with Gasteiger partial charge < -0.3 is 15.2 Å². The number of hydrogen-bond donors (Lipinski definition) is 1. The molecule has 0 aliphatic carbocycles. The molecule has 0 aliphatic heterocycles. The zero-order chi connectivity index (χ0) is 12.3. The number of hydrogen-bond acceptors (Lipinski definition) is 5. The lowest BCUT2D eigenvalue weighted by Crippen LogP contribution is -2.08. The lowest BCUT2D eigenvalue weighted by Gasteiger charge is -2.11. The number of rotatable bonds is 4. The number of methoxy groups -OCH3 is 2. The molecule has 0 spiro atoms. The number of ether oxygens (including phenoxy) is 2. The molecule has 1 heterocycles. The van der Waals surface area contributed by atoms with E-state index in [1.54, 1.807) is 25.1 Å². The second kappa shape index (κ2) is 4.84. The van der Waals surface area contributed by atoms with Gasteiger partial charge in [-0.1, -0.05) is 5.21 Å². The molecule has 0 unspecified atom stereocenters. The van der Waals surface area contributed by atoms with Gasteiger partial charge in [-0.15, -0.1) is 5.10 Å². The van der Waals surface area contributed by atoms with Crippen LogP contribution >= 0.6 is 0 Å². The van der Waals surface area contributed by atoms with E-state index in [0.29, 0.717) is 12.3 Å². The van der Waals surface area contributed by atoms with Gasteiger partial charge in [-0.3, -0.25) is 0 Å². The zero-order valence-corrected chi connectivity index (χ0v) is 9.75. The summed E-state index contributed by atoms with van der Waals surface area (Å²) in [6.45, 7) is 0.355. The third kappa shape index (κ3) is 2.07. The molecular weight excluding hydrogens is 220 g/mol. The van der Waals surface area contributed by atoms with Crippen molar-refractivity contribution in [3.63, 3.8) is 0 Å². The van der Waals surface area contributed by atoms with Crippen LogP contribution in [0, 0.1) is 0 Å². The van der Waals surface area contributed by atoms with Crippen molar-refractivity contribution < 1.29 is 9.47 Å². The van der Waals surface area contributed by atoms with E-state index in [2.05, 4.69) is 10.3 Å². The molecule has 1 aromatic carbocycles. The zero-order valence-electron chi connectivity index (χ0n) is 9.75. The van der Waals surface area contributed by atoms with Gasteiger partial charge in [0.1, 0.15) is 17.2 Å². The van der Waals surface area contributed by atoms with E-state index >= 15 is 0 Å². The van der Waals surface area contributed by atoms with Gasteiger partial charge in [-0.05, 0) is 12.1 Å². The summed E-state index contributed by atoms with van der Waals surface area (Å²) in [6, 6.07) is 5.46. The highest BCUT2D eigenvalue weighted by Crippen LogP contribution is 2.27. The third-order valence-corrected chi connectivity index (χ3v) is 2.44. The second-order valence-electron chi connectivity index (χ2n) is 3.38. The Balaban J connectivity index is 2.56. The van der Waals surface area contributed by atoms with E-state index in [1.807, 2.05) is 18.2 Å². The molecule has 0 amide bonds. The fraction of sp³-hybridized carbons (Fsp3) is 0.273. The van der Waals surface area contributed by atoms with Gasteiger partial charge in [-0.25, -0.2) is 4.68 Å². The van der Waals surface area contributed by atoms with Crippen LogP contribution < -0.4 is 15.2 Å². The SMILES string of the molecule is COc1ccc(OC)c(-n2nncc2CN)c1. The minimum Gasteiger partial charge on any atom is -0.497 e. The number of aromatic nitrogens is 3. The molecule has 0 radical (unpaired) electrons. The number of nitrogens with two attached hydrogens (primary N) is 1. The quantitative estimate of drug-likeness (QED) is 0.844. The molecular formula is C11H14N4O2. The topological polar surface area (TPSA) is 75.2 Å². The summed E-state index contributed by atoms with van der Waals surface area (Å²) in [6.07, 6.45) is 1.62. The van der Waals surface area contributed by atoms with Crippen LogP contribution in [0.5, 0.6) is 11.5 Å². The molecule has 6 nitrogen and oxygen atoms in total. The van der Waals surface area contributed by atoms with Crippen molar-refractivity contribution in [2.75, 3.05) is 14.2 Å². The Morgan fingerprint density at radius 3 is 2.76 bits per heavy atom. The molecule has 6 heteroatoms. The van der Waals surface area contributed by atoms with Crippen LogP contribution in [0.4, 0.5) is 0 Å². The van der Waals surface area contributed by atoms with Crippen molar-refractivity contribution in [1.29, 1.82) is 0 Å². The Morgan fingerprint density at radius 2 is 2.12 bits per heavy atom. The molecule has 2 N–H and O–H groups in total. The molecule has 17 heavy (non-hydrogen) atoms. The van der Waals surface area contributed by atoms with Gasteiger partial charge in [0.05, 0.1) is 26.1 Å². The largest absolute Gasteiger partial charge is 0.497 e. The van der Waals surface area contributed by atoms with E-state index in [1.165, 1.54) is 0 Å². The van der Waals surface area contributed by atoms with Gasteiger partial charge >= 0.3 is 0 Å². The summed E-state index contributed by atoms with van der Waals surface area (Å²) >= 11 is 0. The first-order valence-electron chi connectivity index (χ1n) is 5.12. The van der Waals surface area contributed by atoms with Crippen LogP contribution in [-0.4, -0.2) is 29.2 Å². The van der Waals surface area contributed by atoms with Crippen LogP contribution in [0.1, 0.15) is 5.69 Å². The van der Waals surface area contributed by atoms with Crippen molar-refractivity contribution >= 4 is 0 Å². The van der Waals surface area contributed by atoms with Crippen molar-refractivity contribution in [1.82, 2.24) is 15.0 Å². The predicted molar refractivity (Wildman–Crippen MR) is 62.4 cm³/mol. The Hall–Kier alpha value is -2.08. The molecule has 90 valence electrons. The molecule has 1 aromatic heterocycles. The minimum atomic E-state index is 0.355. The summed E-state index contributed by atoms with van der Waals surface area (Å²) in [7, 11) is 3.21. The maximum Gasteiger partial charge on any atom is 0.144 e. The van der Waals surface area contributed by atoms with Crippen molar-refractivity contribution in [2.24, 2.45) is 5.73 Å². The van der Waals surface area contributed by atoms with Gasteiger partial charge in [0, 0.05) is 12.6 Å². The van der Waals surface area contributed by atoms with E-state index in [0.717, 1.165) is 17.1 Å². The fourth-order valence-corrected chi connectivity index (χ4v) is 1.56. The number of nitrogens with zero attached hydrogens (tertiary/aromatic N) is 3. The van der Waals surface area contributed by atoms with Crippen molar-refractivity contribution in [2.45, 2.75) is 6.54 Å². The highest BCUT2D eigenvalue weighted by molar-refractivity contribution is 5.51. The maximum absolute atomic E-state index is 5.62. The van der Waals surface area contributed by atoms with Gasteiger partial charge in [0.15, 0.2) is 0 Å². The first-order chi connectivity index (χ1) is 8.30. The van der Waals surface area contributed by atoms with Crippen LogP contribution in [0.2, 0.25) is 0 Å². The smallest absolute Gasteiger partial charge is 0.144 e. The summed E-state index contributed by atoms with van der Waals surface area (Å²) in [5.74, 6) is 1.41. The minimum absolute atomic E-state index is 0.355. The lowest BCUT2D eigenvalue weighted by atomic mass is 10.2. The lowest BCUT2D eigenvalue weighted by molar-refractivity contribution is 0.400. The first kappa shape index (κ1) is 11.4. The standard InChI is InChI=1S/C11H14N4O2/c1-16-9-3-4-11(17-2)10(5-9)15-8(6-12)7-13-14-15/h3-5,7H,6,12H2,1-2H3. The van der Waals surface area contributed by atoms with E-state index in [9.17, 15) is 0 Å². The molecule has 0 aliphatic rings. The van der Waals surface area contributed by atoms with E-state index in [-0.39, 0.29) is 0 Å². The summed E-state index contributed by atoms with van der Waals surface area (Å²) < 4.78 is 12.1. The highest BCUT2D eigenvalue weighted by atomic mass is 16.5. The molecule has 2 rings (SSSR count). The first-order valence-corrected chi connectivity index (χ1v) is 5.12. The Bertz CT molecular complexity index is 510. The Kier molecular flexibility index (Phi) is 3.24. The van der Waals surface area contributed by atoms with Crippen LogP contribution in [0.3, 0.4) is 0 Å². The average Bonchev–Trinajstić information content (AvgIpc) is 2.86. The summed E-state index contributed by atoms with van der Waals surface area (Å²) in [5.41, 5.74) is 7.18. The second-order valence-corrected chi connectivity index (χ2v) is 3.38. The van der Waals surface area contributed by atoms with E-state index in [4.69, 9.17) is 15.2 Å². The maximum atomic E-state index is 5.62. The number of benzene rings is 1. The molecule has 0 saturated heterocycles. The molecule has 0 saturated carbocycles. The molecule has 0 fully saturated rings. The van der Waals surface area contributed by atoms with Crippen LogP contribution in [-0.2, 0) is 6.54 Å². The molecule has 0 bridgehead atoms. The summed E-state index contributed by atoms with van der Waals surface area (Å²) in [5, 5.41) is 7.83. The molecule has 0 atom stereocenters. The average molecular weight is 234 g/mol. The Labute approximate surface area is 98.9 Å². The Morgan fingerprint density at radius 1 is 1.29 bits per heavy atom.